The molecular formula is C9H13N3O3. The minimum Gasteiger partial charge on any atom is -0.464 e. The van der Waals surface area contributed by atoms with Crippen LogP contribution in [0.4, 0.5) is 0 Å². The lowest BCUT2D eigenvalue weighted by Gasteiger charge is -2.05. The van der Waals surface area contributed by atoms with E-state index in [1.807, 2.05) is 13.8 Å². The Labute approximate surface area is 87.9 Å². The SMILES string of the molecule is C=COc1nc(OCC)nc(OCC)n1. The van der Waals surface area contributed by atoms with Gasteiger partial charge in [-0.3, -0.25) is 0 Å². The van der Waals surface area contributed by atoms with Gasteiger partial charge in [0.25, 0.3) is 0 Å². The lowest BCUT2D eigenvalue weighted by molar-refractivity contribution is 0.268. The molecule has 0 amide bonds. The molecule has 0 bridgehead atoms. The van der Waals surface area contributed by atoms with Crippen LogP contribution in [0.2, 0.25) is 0 Å². The van der Waals surface area contributed by atoms with Crippen molar-refractivity contribution in [3.8, 4) is 18.0 Å². The van der Waals surface area contributed by atoms with Crippen LogP contribution in [-0.2, 0) is 0 Å². The number of ether oxygens (including phenoxy) is 3. The molecule has 0 aromatic carbocycles. The molecule has 0 aliphatic heterocycles. The summed E-state index contributed by atoms with van der Waals surface area (Å²) in [5.41, 5.74) is 0. The molecule has 6 heteroatoms. The molecule has 0 saturated heterocycles. The predicted molar refractivity (Wildman–Crippen MR) is 53.0 cm³/mol. The summed E-state index contributed by atoms with van der Waals surface area (Å²) in [6, 6.07) is 0.451. The summed E-state index contributed by atoms with van der Waals surface area (Å²) in [4.78, 5) is 11.7. The first-order valence-corrected chi connectivity index (χ1v) is 4.59. The molecule has 0 aliphatic rings. The Bertz CT molecular complexity index is 306. The summed E-state index contributed by atoms with van der Waals surface area (Å²) in [5.74, 6) is 0. The van der Waals surface area contributed by atoms with Gasteiger partial charge in [0.05, 0.1) is 19.5 Å². The van der Waals surface area contributed by atoms with Crippen LogP contribution in [0.3, 0.4) is 0 Å². The standard InChI is InChI=1S/C9H13N3O3/c1-4-13-7-10-8(14-5-2)12-9(11-7)15-6-3/h4H,1,5-6H2,2-3H3. The second kappa shape index (κ2) is 5.79. The van der Waals surface area contributed by atoms with Crippen molar-refractivity contribution in [1.29, 1.82) is 0 Å². The van der Waals surface area contributed by atoms with Gasteiger partial charge in [-0.25, -0.2) is 0 Å². The number of nitrogens with zero attached hydrogens (tertiary/aromatic N) is 3. The van der Waals surface area contributed by atoms with E-state index >= 15 is 0 Å². The third kappa shape index (κ3) is 3.41. The molecule has 1 rings (SSSR count). The molecule has 1 heterocycles. The van der Waals surface area contributed by atoms with E-state index < -0.39 is 0 Å². The maximum absolute atomic E-state index is 5.12. The summed E-state index contributed by atoms with van der Waals surface area (Å²) < 4.78 is 15.2. The maximum Gasteiger partial charge on any atom is 0.330 e. The molecule has 0 saturated carbocycles. The van der Waals surface area contributed by atoms with E-state index in [4.69, 9.17) is 14.2 Å². The summed E-state index contributed by atoms with van der Waals surface area (Å²) >= 11 is 0. The zero-order valence-electron chi connectivity index (χ0n) is 8.77. The Morgan fingerprint density at radius 3 is 1.87 bits per heavy atom. The van der Waals surface area contributed by atoms with Crippen molar-refractivity contribution in [3.05, 3.63) is 12.8 Å². The van der Waals surface area contributed by atoms with Gasteiger partial charge in [0, 0.05) is 0 Å². The van der Waals surface area contributed by atoms with Gasteiger partial charge < -0.3 is 14.2 Å². The number of rotatable bonds is 6. The normalized spacial score (nSPS) is 9.47. The molecule has 0 atom stereocenters. The van der Waals surface area contributed by atoms with E-state index in [-0.39, 0.29) is 18.0 Å². The fourth-order valence-electron chi connectivity index (χ4n) is 0.835. The first kappa shape index (κ1) is 11.2. The second-order valence-corrected chi connectivity index (χ2v) is 2.33. The van der Waals surface area contributed by atoms with Gasteiger partial charge in [-0.15, -0.1) is 15.0 Å². The highest BCUT2D eigenvalue weighted by molar-refractivity contribution is 5.09. The van der Waals surface area contributed by atoms with Crippen molar-refractivity contribution in [2.45, 2.75) is 13.8 Å². The van der Waals surface area contributed by atoms with Gasteiger partial charge in [-0.05, 0) is 13.8 Å². The Balaban J connectivity index is 2.91. The summed E-state index contributed by atoms with van der Waals surface area (Å²) in [7, 11) is 0. The first-order chi connectivity index (χ1) is 7.30. The van der Waals surface area contributed by atoms with Crippen molar-refractivity contribution in [2.75, 3.05) is 13.2 Å². The highest BCUT2D eigenvalue weighted by Gasteiger charge is 2.07. The van der Waals surface area contributed by atoms with Gasteiger partial charge in [0.2, 0.25) is 0 Å². The van der Waals surface area contributed by atoms with Crippen LogP contribution in [0.1, 0.15) is 13.8 Å². The predicted octanol–water partition coefficient (Wildman–Crippen LogP) is 1.19. The van der Waals surface area contributed by atoms with Crippen LogP contribution in [0.15, 0.2) is 12.8 Å². The van der Waals surface area contributed by atoms with Crippen molar-refractivity contribution >= 4 is 0 Å². The molecule has 1 aromatic rings. The van der Waals surface area contributed by atoms with E-state index in [0.717, 1.165) is 0 Å². The Hall–Kier alpha value is -1.85. The van der Waals surface area contributed by atoms with Crippen LogP contribution in [0.5, 0.6) is 18.0 Å². The van der Waals surface area contributed by atoms with Crippen LogP contribution in [-0.4, -0.2) is 28.2 Å². The van der Waals surface area contributed by atoms with Crippen molar-refractivity contribution in [3.63, 3.8) is 0 Å². The molecule has 15 heavy (non-hydrogen) atoms. The van der Waals surface area contributed by atoms with Crippen molar-refractivity contribution < 1.29 is 14.2 Å². The number of aromatic nitrogens is 3. The summed E-state index contributed by atoms with van der Waals surface area (Å²) in [6.07, 6.45) is 1.22. The zero-order chi connectivity index (χ0) is 11.1. The number of hydrogen-bond donors (Lipinski definition) is 0. The van der Waals surface area contributed by atoms with E-state index in [1.165, 1.54) is 6.26 Å². The van der Waals surface area contributed by atoms with Gasteiger partial charge in [-0.1, -0.05) is 6.58 Å². The molecular weight excluding hydrogens is 198 g/mol. The monoisotopic (exact) mass is 211 g/mol. The lowest BCUT2D eigenvalue weighted by atomic mass is 10.8. The average Bonchev–Trinajstić information content (AvgIpc) is 2.19. The molecule has 1 aromatic heterocycles. The lowest BCUT2D eigenvalue weighted by Crippen LogP contribution is -2.04. The van der Waals surface area contributed by atoms with Crippen molar-refractivity contribution in [2.24, 2.45) is 0 Å². The largest absolute Gasteiger partial charge is 0.464 e. The first-order valence-electron chi connectivity index (χ1n) is 4.59. The minimum absolute atomic E-state index is 0.104. The van der Waals surface area contributed by atoms with Crippen LogP contribution >= 0.6 is 0 Å². The quantitative estimate of drug-likeness (QED) is 0.658. The van der Waals surface area contributed by atoms with E-state index in [1.54, 1.807) is 0 Å². The fourth-order valence-corrected chi connectivity index (χ4v) is 0.835. The Morgan fingerprint density at radius 1 is 1.00 bits per heavy atom. The smallest absolute Gasteiger partial charge is 0.330 e. The third-order valence-corrected chi connectivity index (χ3v) is 1.31. The third-order valence-electron chi connectivity index (χ3n) is 1.31. The van der Waals surface area contributed by atoms with Crippen LogP contribution in [0.25, 0.3) is 0 Å². The zero-order valence-corrected chi connectivity index (χ0v) is 8.77. The van der Waals surface area contributed by atoms with Crippen molar-refractivity contribution in [1.82, 2.24) is 15.0 Å². The Morgan fingerprint density at radius 2 is 1.47 bits per heavy atom. The molecule has 82 valence electrons. The highest BCUT2D eigenvalue weighted by Crippen LogP contribution is 2.14. The molecule has 0 fully saturated rings. The average molecular weight is 211 g/mol. The topological polar surface area (TPSA) is 66.4 Å². The molecule has 0 spiro atoms. The second-order valence-electron chi connectivity index (χ2n) is 2.33. The number of hydrogen-bond acceptors (Lipinski definition) is 6. The Kier molecular flexibility index (Phi) is 4.33. The fraction of sp³-hybridized carbons (Fsp3) is 0.444. The molecule has 6 nitrogen and oxygen atoms in total. The molecule has 0 N–H and O–H groups in total. The van der Waals surface area contributed by atoms with Gasteiger partial charge in [0.1, 0.15) is 0 Å². The van der Waals surface area contributed by atoms with Crippen LogP contribution < -0.4 is 14.2 Å². The summed E-state index contributed by atoms with van der Waals surface area (Å²) in [5, 5.41) is 0. The highest BCUT2D eigenvalue weighted by atomic mass is 16.5. The molecule has 0 aliphatic carbocycles. The maximum atomic E-state index is 5.12. The van der Waals surface area contributed by atoms with E-state index in [0.29, 0.717) is 13.2 Å². The van der Waals surface area contributed by atoms with Gasteiger partial charge >= 0.3 is 18.0 Å². The molecule has 0 unspecified atom stereocenters. The van der Waals surface area contributed by atoms with E-state index in [9.17, 15) is 0 Å². The van der Waals surface area contributed by atoms with Gasteiger partial charge in [0.15, 0.2) is 0 Å². The minimum atomic E-state index is 0.104. The van der Waals surface area contributed by atoms with Crippen LogP contribution in [0, 0.1) is 0 Å². The summed E-state index contributed by atoms with van der Waals surface area (Å²) in [6.45, 7) is 7.99. The molecule has 0 radical (unpaired) electrons. The van der Waals surface area contributed by atoms with E-state index in [2.05, 4.69) is 21.5 Å². The van der Waals surface area contributed by atoms with Gasteiger partial charge in [-0.2, -0.15) is 0 Å².